The number of carbonyl (C=O) groups excluding carboxylic acids is 2. The smallest absolute Gasteiger partial charge is 0.225 e. The Hall–Kier alpha value is -2.11. The van der Waals surface area contributed by atoms with Gasteiger partial charge >= 0.3 is 0 Å². The minimum Gasteiger partial charge on any atom is -0.489 e. The molecule has 25 heavy (non-hydrogen) atoms. The lowest BCUT2D eigenvalue weighted by atomic mass is 9.94. The SMILES string of the molecule is CC(C)C(=O)N1CCC(C(=O)N(C)CCOc2ccccc2F)CC1. The zero-order chi connectivity index (χ0) is 18.4. The van der Waals surface area contributed by atoms with Crippen molar-refractivity contribution in [1.82, 2.24) is 9.80 Å². The summed E-state index contributed by atoms with van der Waals surface area (Å²) in [5, 5.41) is 0. The number of piperidine rings is 1. The standard InChI is InChI=1S/C19H27FN2O3/c1-14(2)18(23)22-10-8-15(9-11-22)19(24)21(3)12-13-25-17-7-5-4-6-16(17)20/h4-7,14-15H,8-13H2,1-3H3. The van der Waals surface area contributed by atoms with Crippen LogP contribution in [0.2, 0.25) is 0 Å². The van der Waals surface area contributed by atoms with E-state index in [2.05, 4.69) is 0 Å². The van der Waals surface area contributed by atoms with Crippen LogP contribution < -0.4 is 4.74 Å². The Bertz CT molecular complexity index is 598. The fourth-order valence-electron chi connectivity index (χ4n) is 2.99. The Morgan fingerprint density at radius 2 is 1.92 bits per heavy atom. The van der Waals surface area contributed by atoms with Gasteiger partial charge in [0, 0.05) is 32.0 Å². The molecule has 1 saturated heterocycles. The van der Waals surface area contributed by atoms with Crippen molar-refractivity contribution in [3.8, 4) is 5.75 Å². The number of hydrogen-bond acceptors (Lipinski definition) is 3. The van der Waals surface area contributed by atoms with E-state index in [1.165, 1.54) is 6.07 Å². The van der Waals surface area contributed by atoms with E-state index in [1.807, 2.05) is 18.7 Å². The van der Waals surface area contributed by atoms with Crippen molar-refractivity contribution in [2.75, 3.05) is 33.3 Å². The van der Waals surface area contributed by atoms with Crippen molar-refractivity contribution < 1.29 is 18.7 Å². The van der Waals surface area contributed by atoms with Gasteiger partial charge in [0.1, 0.15) is 6.61 Å². The van der Waals surface area contributed by atoms with Crippen molar-refractivity contribution in [3.63, 3.8) is 0 Å². The highest BCUT2D eigenvalue weighted by atomic mass is 19.1. The van der Waals surface area contributed by atoms with Gasteiger partial charge < -0.3 is 14.5 Å². The van der Waals surface area contributed by atoms with Gasteiger partial charge in [-0.15, -0.1) is 0 Å². The molecule has 0 unspecified atom stereocenters. The second kappa shape index (κ2) is 8.83. The van der Waals surface area contributed by atoms with Crippen LogP contribution in [0.1, 0.15) is 26.7 Å². The lowest BCUT2D eigenvalue weighted by molar-refractivity contribution is -0.141. The van der Waals surface area contributed by atoms with Crippen LogP contribution >= 0.6 is 0 Å². The number of likely N-dealkylation sites (N-methyl/N-ethyl adjacent to an activating group) is 1. The maximum Gasteiger partial charge on any atom is 0.225 e. The molecule has 1 aromatic carbocycles. The number of halogens is 1. The third kappa shape index (κ3) is 5.18. The Morgan fingerprint density at radius 3 is 2.52 bits per heavy atom. The Morgan fingerprint density at radius 1 is 1.28 bits per heavy atom. The normalized spacial score (nSPS) is 15.3. The number of benzene rings is 1. The first kappa shape index (κ1) is 19.2. The summed E-state index contributed by atoms with van der Waals surface area (Å²) >= 11 is 0. The third-order valence-electron chi connectivity index (χ3n) is 4.55. The summed E-state index contributed by atoms with van der Waals surface area (Å²) in [6.45, 7) is 5.69. The second-order valence-corrected chi connectivity index (χ2v) is 6.79. The average Bonchev–Trinajstić information content (AvgIpc) is 2.62. The number of nitrogens with zero attached hydrogens (tertiary/aromatic N) is 2. The minimum atomic E-state index is -0.404. The van der Waals surface area contributed by atoms with Gasteiger partial charge in [-0.05, 0) is 25.0 Å². The van der Waals surface area contributed by atoms with E-state index in [0.29, 0.717) is 32.5 Å². The van der Waals surface area contributed by atoms with E-state index in [9.17, 15) is 14.0 Å². The quantitative estimate of drug-likeness (QED) is 0.792. The number of hydrogen-bond donors (Lipinski definition) is 0. The van der Waals surface area contributed by atoms with Gasteiger partial charge in [0.15, 0.2) is 11.6 Å². The number of carbonyl (C=O) groups is 2. The van der Waals surface area contributed by atoms with Crippen molar-refractivity contribution in [1.29, 1.82) is 0 Å². The van der Waals surface area contributed by atoms with Crippen LogP contribution in [0.4, 0.5) is 4.39 Å². The lowest BCUT2D eigenvalue weighted by Crippen LogP contribution is -2.45. The second-order valence-electron chi connectivity index (χ2n) is 6.79. The van der Waals surface area contributed by atoms with Gasteiger partial charge in [0.25, 0.3) is 0 Å². The summed E-state index contributed by atoms with van der Waals surface area (Å²) in [6, 6.07) is 6.22. The van der Waals surface area contributed by atoms with Crippen LogP contribution in [0.25, 0.3) is 0 Å². The van der Waals surface area contributed by atoms with E-state index in [-0.39, 0.29) is 36.0 Å². The first-order valence-electron chi connectivity index (χ1n) is 8.81. The molecule has 0 bridgehead atoms. The largest absolute Gasteiger partial charge is 0.489 e. The van der Waals surface area contributed by atoms with E-state index in [4.69, 9.17) is 4.74 Å². The molecule has 2 amide bonds. The van der Waals surface area contributed by atoms with Crippen molar-refractivity contribution in [3.05, 3.63) is 30.1 Å². The first-order valence-corrected chi connectivity index (χ1v) is 8.81. The van der Waals surface area contributed by atoms with Crippen LogP contribution in [-0.4, -0.2) is 54.9 Å². The van der Waals surface area contributed by atoms with Gasteiger partial charge in [-0.2, -0.15) is 0 Å². The molecule has 0 atom stereocenters. The van der Waals surface area contributed by atoms with E-state index in [0.717, 1.165) is 0 Å². The molecule has 1 fully saturated rings. The number of likely N-dealkylation sites (tertiary alicyclic amines) is 1. The lowest BCUT2D eigenvalue weighted by Gasteiger charge is -2.34. The van der Waals surface area contributed by atoms with Gasteiger partial charge in [-0.25, -0.2) is 4.39 Å². The molecule has 1 aliphatic heterocycles. The Kier molecular flexibility index (Phi) is 6.79. The molecule has 0 aromatic heterocycles. The van der Waals surface area contributed by atoms with Crippen LogP contribution in [0.15, 0.2) is 24.3 Å². The molecule has 0 aliphatic carbocycles. The molecular formula is C19H27FN2O3. The van der Waals surface area contributed by atoms with Crippen molar-refractivity contribution in [2.45, 2.75) is 26.7 Å². The molecule has 1 aromatic rings. The maximum absolute atomic E-state index is 13.5. The molecule has 6 heteroatoms. The highest BCUT2D eigenvalue weighted by Gasteiger charge is 2.29. The summed E-state index contributed by atoms with van der Waals surface area (Å²) in [5.41, 5.74) is 0. The predicted molar refractivity (Wildman–Crippen MR) is 93.7 cm³/mol. The fourth-order valence-corrected chi connectivity index (χ4v) is 2.99. The monoisotopic (exact) mass is 350 g/mol. The topological polar surface area (TPSA) is 49.9 Å². The van der Waals surface area contributed by atoms with Crippen LogP contribution in [0.3, 0.4) is 0 Å². The maximum atomic E-state index is 13.5. The van der Waals surface area contributed by atoms with Gasteiger partial charge in [0.2, 0.25) is 11.8 Å². The highest BCUT2D eigenvalue weighted by Crippen LogP contribution is 2.21. The zero-order valence-corrected chi connectivity index (χ0v) is 15.2. The highest BCUT2D eigenvalue weighted by molar-refractivity contribution is 5.80. The number of amides is 2. The summed E-state index contributed by atoms with van der Waals surface area (Å²) in [6.07, 6.45) is 1.38. The van der Waals surface area contributed by atoms with Crippen molar-refractivity contribution in [2.24, 2.45) is 11.8 Å². The number of ether oxygens (including phenoxy) is 1. The number of rotatable bonds is 6. The average molecular weight is 350 g/mol. The summed E-state index contributed by atoms with van der Waals surface area (Å²) < 4.78 is 18.9. The Labute approximate surface area is 148 Å². The van der Waals surface area contributed by atoms with Crippen LogP contribution in [-0.2, 0) is 9.59 Å². The summed E-state index contributed by atoms with van der Waals surface area (Å²) in [7, 11) is 1.73. The molecule has 1 heterocycles. The summed E-state index contributed by atoms with van der Waals surface area (Å²) in [5.74, 6) is -0.0611. The van der Waals surface area contributed by atoms with Crippen LogP contribution in [0.5, 0.6) is 5.75 Å². The van der Waals surface area contributed by atoms with E-state index < -0.39 is 5.82 Å². The van der Waals surface area contributed by atoms with Gasteiger partial charge in [-0.1, -0.05) is 26.0 Å². The summed E-state index contributed by atoms with van der Waals surface area (Å²) in [4.78, 5) is 28.0. The van der Waals surface area contributed by atoms with Crippen molar-refractivity contribution >= 4 is 11.8 Å². The minimum absolute atomic E-state index is 0.00884. The molecule has 1 aliphatic rings. The van der Waals surface area contributed by atoms with Gasteiger partial charge in [-0.3, -0.25) is 9.59 Å². The molecule has 0 radical (unpaired) electrons. The molecule has 0 N–H and O–H groups in total. The zero-order valence-electron chi connectivity index (χ0n) is 15.2. The molecule has 138 valence electrons. The number of para-hydroxylation sites is 1. The predicted octanol–water partition coefficient (Wildman–Crippen LogP) is 2.56. The van der Waals surface area contributed by atoms with E-state index in [1.54, 1.807) is 30.1 Å². The molecular weight excluding hydrogens is 323 g/mol. The van der Waals surface area contributed by atoms with Gasteiger partial charge in [0.05, 0.1) is 6.54 Å². The molecule has 0 spiro atoms. The molecule has 0 saturated carbocycles. The third-order valence-corrected chi connectivity index (χ3v) is 4.55. The van der Waals surface area contributed by atoms with E-state index >= 15 is 0 Å². The van der Waals surface area contributed by atoms with Crippen LogP contribution in [0, 0.1) is 17.7 Å². The molecule has 5 nitrogen and oxygen atoms in total. The fraction of sp³-hybridized carbons (Fsp3) is 0.579. The first-order chi connectivity index (χ1) is 11.9. The molecule has 2 rings (SSSR count). The Balaban J connectivity index is 1.75.